The van der Waals surface area contributed by atoms with E-state index in [-0.39, 0.29) is 6.09 Å². The molecule has 1 amide bonds. The first-order valence-corrected chi connectivity index (χ1v) is 8.12. The molecule has 1 saturated carbocycles. The summed E-state index contributed by atoms with van der Waals surface area (Å²) in [5.41, 5.74) is -0.425. The molecule has 0 saturated heterocycles. The molecule has 4 heteroatoms. The van der Waals surface area contributed by atoms with Crippen molar-refractivity contribution in [2.24, 2.45) is 5.92 Å². The van der Waals surface area contributed by atoms with Crippen LogP contribution >= 0.6 is 0 Å². The smallest absolute Gasteiger partial charge is 0.407 e. The molecule has 0 radical (unpaired) electrons. The maximum absolute atomic E-state index is 11.5. The summed E-state index contributed by atoms with van der Waals surface area (Å²) in [5.74, 6) is 0.815. The molecule has 0 aromatic carbocycles. The minimum absolute atomic E-state index is 0.329. The van der Waals surface area contributed by atoms with Crippen LogP contribution in [0.1, 0.15) is 66.2 Å². The SMILES string of the molecule is CCC(NCCNC(=O)OC(C)(C)C)C1CCCCC1. The van der Waals surface area contributed by atoms with Gasteiger partial charge < -0.3 is 15.4 Å². The Morgan fingerprint density at radius 1 is 1.20 bits per heavy atom. The van der Waals surface area contributed by atoms with E-state index >= 15 is 0 Å². The van der Waals surface area contributed by atoms with Gasteiger partial charge in [0.25, 0.3) is 0 Å². The Kier molecular flexibility index (Phi) is 7.35. The van der Waals surface area contributed by atoms with Crippen LogP contribution in [0, 0.1) is 5.92 Å². The average molecular weight is 284 g/mol. The second-order valence-corrected chi connectivity index (χ2v) is 6.80. The third-order valence-corrected chi connectivity index (χ3v) is 3.86. The zero-order chi connectivity index (χ0) is 15.0. The highest BCUT2D eigenvalue weighted by Crippen LogP contribution is 2.27. The van der Waals surface area contributed by atoms with Crippen LogP contribution in [0.4, 0.5) is 4.79 Å². The average Bonchev–Trinajstić information content (AvgIpc) is 2.38. The minimum atomic E-state index is -0.425. The lowest BCUT2D eigenvalue weighted by Gasteiger charge is -2.30. The van der Waals surface area contributed by atoms with Crippen molar-refractivity contribution in [3.05, 3.63) is 0 Å². The van der Waals surface area contributed by atoms with Gasteiger partial charge in [-0.2, -0.15) is 0 Å². The Labute approximate surface area is 124 Å². The summed E-state index contributed by atoms with van der Waals surface area (Å²) in [4.78, 5) is 11.5. The Balaban J connectivity index is 2.16. The molecule has 1 rings (SSSR count). The van der Waals surface area contributed by atoms with Crippen LogP contribution in [0.25, 0.3) is 0 Å². The Bertz CT molecular complexity index is 281. The largest absolute Gasteiger partial charge is 0.444 e. The Morgan fingerprint density at radius 3 is 2.40 bits per heavy atom. The van der Waals surface area contributed by atoms with Crippen molar-refractivity contribution in [2.45, 2.75) is 77.9 Å². The van der Waals surface area contributed by atoms with Crippen molar-refractivity contribution in [1.29, 1.82) is 0 Å². The van der Waals surface area contributed by atoms with Crippen molar-refractivity contribution in [3.63, 3.8) is 0 Å². The van der Waals surface area contributed by atoms with E-state index in [9.17, 15) is 4.79 Å². The second kappa shape index (κ2) is 8.50. The third-order valence-electron chi connectivity index (χ3n) is 3.86. The van der Waals surface area contributed by atoms with Gasteiger partial charge in [0.15, 0.2) is 0 Å². The molecule has 20 heavy (non-hydrogen) atoms. The molecule has 0 aromatic heterocycles. The summed E-state index contributed by atoms with van der Waals surface area (Å²) >= 11 is 0. The van der Waals surface area contributed by atoms with Gasteiger partial charge in [-0.25, -0.2) is 4.79 Å². The van der Waals surface area contributed by atoms with Crippen LogP contribution in [0.2, 0.25) is 0 Å². The fourth-order valence-electron chi connectivity index (χ4n) is 2.92. The zero-order valence-corrected chi connectivity index (χ0v) is 13.6. The first-order valence-electron chi connectivity index (χ1n) is 8.12. The minimum Gasteiger partial charge on any atom is -0.444 e. The van der Waals surface area contributed by atoms with Gasteiger partial charge in [0.05, 0.1) is 0 Å². The van der Waals surface area contributed by atoms with Gasteiger partial charge in [-0.3, -0.25) is 0 Å². The van der Waals surface area contributed by atoms with E-state index in [0.29, 0.717) is 12.6 Å². The molecule has 0 aliphatic heterocycles. The highest BCUT2D eigenvalue weighted by atomic mass is 16.6. The van der Waals surface area contributed by atoms with Gasteiger partial charge in [0, 0.05) is 19.1 Å². The van der Waals surface area contributed by atoms with Crippen molar-refractivity contribution in [1.82, 2.24) is 10.6 Å². The summed E-state index contributed by atoms with van der Waals surface area (Å²) in [5, 5.41) is 6.38. The van der Waals surface area contributed by atoms with Gasteiger partial charge in [0.2, 0.25) is 0 Å². The molecule has 1 atom stereocenters. The molecule has 0 heterocycles. The fourth-order valence-corrected chi connectivity index (χ4v) is 2.92. The van der Waals surface area contributed by atoms with E-state index in [4.69, 9.17) is 4.74 Å². The van der Waals surface area contributed by atoms with Gasteiger partial charge >= 0.3 is 6.09 Å². The van der Waals surface area contributed by atoms with Crippen LogP contribution in [0.15, 0.2) is 0 Å². The predicted molar refractivity (Wildman–Crippen MR) is 82.9 cm³/mol. The van der Waals surface area contributed by atoms with Gasteiger partial charge in [0.1, 0.15) is 5.60 Å². The molecular weight excluding hydrogens is 252 g/mol. The van der Waals surface area contributed by atoms with Crippen LogP contribution < -0.4 is 10.6 Å². The van der Waals surface area contributed by atoms with E-state index in [1.165, 1.54) is 32.1 Å². The van der Waals surface area contributed by atoms with Gasteiger partial charge in [-0.1, -0.05) is 26.2 Å². The summed E-state index contributed by atoms with van der Waals surface area (Å²) in [6.45, 7) is 9.31. The first kappa shape index (κ1) is 17.3. The molecule has 1 aliphatic rings. The van der Waals surface area contributed by atoms with E-state index < -0.39 is 5.60 Å². The fraction of sp³-hybridized carbons (Fsp3) is 0.938. The lowest BCUT2D eigenvalue weighted by molar-refractivity contribution is 0.0527. The lowest BCUT2D eigenvalue weighted by Crippen LogP contribution is -2.42. The number of amides is 1. The van der Waals surface area contributed by atoms with Crippen LogP contribution in [0.3, 0.4) is 0 Å². The molecule has 0 spiro atoms. The van der Waals surface area contributed by atoms with Gasteiger partial charge in [-0.15, -0.1) is 0 Å². The molecule has 1 aliphatic carbocycles. The monoisotopic (exact) mass is 284 g/mol. The molecule has 0 bridgehead atoms. The molecule has 1 fully saturated rings. The topological polar surface area (TPSA) is 50.4 Å². The van der Waals surface area contributed by atoms with Crippen molar-refractivity contribution < 1.29 is 9.53 Å². The standard InChI is InChI=1S/C16H32N2O2/c1-5-14(13-9-7-6-8-10-13)17-11-12-18-15(19)20-16(2,3)4/h13-14,17H,5-12H2,1-4H3,(H,18,19). The van der Waals surface area contributed by atoms with E-state index in [1.807, 2.05) is 20.8 Å². The number of alkyl carbamates (subject to hydrolysis) is 1. The van der Waals surface area contributed by atoms with Crippen molar-refractivity contribution in [3.8, 4) is 0 Å². The Morgan fingerprint density at radius 2 is 1.85 bits per heavy atom. The highest BCUT2D eigenvalue weighted by molar-refractivity contribution is 5.67. The number of hydrogen-bond acceptors (Lipinski definition) is 3. The van der Waals surface area contributed by atoms with E-state index in [0.717, 1.165) is 18.9 Å². The lowest BCUT2D eigenvalue weighted by atomic mass is 9.83. The zero-order valence-electron chi connectivity index (χ0n) is 13.6. The number of rotatable bonds is 6. The normalized spacial score (nSPS) is 18.6. The van der Waals surface area contributed by atoms with E-state index in [1.54, 1.807) is 0 Å². The first-order chi connectivity index (χ1) is 9.42. The van der Waals surface area contributed by atoms with Crippen LogP contribution in [-0.2, 0) is 4.74 Å². The maximum atomic E-state index is 11.5. The quantitative estimate of drug-likeness (QED) is 0.734. The molecule has 4 nitrogen and oxygen atoms in total. The summed E-state index contributed by atoms with van der Waals surface area (Å²) in [6, 6.07) is 0.593. The van der Waals surface area contributed by atoms with Crippen molar-refractivity contribution >= 4 is 6.09 Å². The summed E-state index contributed by atoms with van der Waals surface area (Å²) in [6.07, 6.45) is 7.68. The van der Waals surface area contributed by atoms with Crippen molar-refractivity contribution in [2.75, 3.05) is 13.1 Å². The summed E-state index contributed by atoms with van der Waals surface area (Å²) in [7, 11) is 0. The Hall–Kier alpha value is -0.770. The molecule has 118 valence electrons. The van der Waals surface area contributed by atoms with E-state index in [2.05, 4.69) is 17.6 Å². The molecule has 2 N–H and O–H groups in total. The maximum Gasteiger partial charge on any atom is 0.407 e. The molecular formula is C16H32N2O2. The summed E-state index contributed by atoms with van der Waals surface area (Å²) < 4.78 is 5.21. The number of ether oxygens (including phenoxy) is 1. The predicted octanol–water partition coefficient (Wildman–Crippen LogP) is 3.46. The van der Waals surface area contributed by atoms with Gasteiger partial charge in [-0.05, 0) is 46.0 Å². The number of carbonyl (C=O) groups is 1. The highest BCUT2D eigenvalue weighted by Gasteiger charge is 2.21. The van der Waals surface area contributed by atoms with Crippen LogP contribution in [0.5, 0.6) is 0 Å². The van der Waals surface area contributed by atoms with Crippen LogP contribution in [-0.4, -0.2) is 30.8 Å². The number of carbonyl (C=O) groups excluding carboxylic acids is 1. The second-order valence-electron chi connectivity index (χ2n) is 6.80. The third kappa shape index (κ3) is 7.13. The molecule has 0 aromatic rings. The number of nitrogens with one attached hydrogen (secondary N) is 2. The number of hydrogen-bond donors (Lipinski definition) is 2. The molecule has 1 unspecified atom stereocenters.